The van der Waals surface area contributed by atoms with Crippen LogP contribution in [-0.4, -0.2) is 43.2 Å². The van der Waals surface area contributed by atoms with Gasteiger partial charge in [-0.05, 0) is 31.5 Å². The second-order valence-electron chi connectivity index (χ2n) is 8.11. The number of halogens is 5. The molecule has 0 unspecified atom stereocenters. The summed E-state index contributed by atoms with van der Waals surface area (Å²) >= 11 is 0. The molecule has 1 saturated heterocycles. The minimum Gasteiger partial charge on any atom is -0.455 e. The van der Waals surface area contributed by atoms with E-state index in [2.05, 4.69) is 15.6 Å². The largest absolute Gasteiger partial charge is 0.455 e. The van der Waals surface area contributed by atoms with Crippen molar-refractivity contribution in [2.75, 3.05) is 22.1 Å². The molecule has 3 heterocycles. The van der Waals surface area contributed by atoms with Crippen molar-refractivity contribution in [1.82, 2.24) is 10.3 Å². The number of rotatable bonds is 5. The Morgan fingerprint density at radius 3 is 2.57 bits per heavy atom. The lowest BCUT2D eigenvalue weighted by Gasteiger charge is -2.21. The van der Waals surface area contributed by atoms with Gasteiger partial charge in [-0.3, -0.25) is 0 Å². The number of hydrogen-bond donors (Lipinski definition) is 3. The van der Waals surface area contributed by atoms with Crippen LogP contribution < -0.4 is 16.0 Å². The summed E-state index contributed by atoms with van der Waals surface area (Å²) in [6.45, 7) is 1.20. The smallest absolute Gasteiger partial charge is 0.416 e. The normalized spacial score (nSPS) is 18.4. The van der Waals surface area contributed by atoms with E-state index in [0.29, 0.717) is 18.3 Å². The average molecular weight is 518 g/mol. The number of amides is 2. The highest BCUT2D eigenvalue weighted by Crippen LogP contribution is 2.39. The number of carbonyl (C=O) groups excluding carboxylic acids is 1. The van der Waals surface area contributed by atoms with Crippen molar-refractivity contribution >= 4 is 38.3 Å². The first kappa shape index (κ1) is 24.7. The molecule has 0 radical (unpaired) electrons. The molecular weight excluding hydrogens is 499 g/mol. The summed E-state index contributed by atoms with van der Waals surface area (Å²) in [7, 11) is -3.10. The number of alkyl halides is 3. The maximum absolute atomic E-state index is 14.0. The Bertz CT molecular complexity index is 1370. The SMILES string of the molecule is Cc1c([C@@H](NC(=O)Nc2ccc(N[C@@H]3CCS(=O)(=O)C3)nc2)C(F)(F)F)oc2c(F)cc(F)cc12. The molecule has 1 aliphatic heterocycles. The molecule has 1 aliphatic rings. The van der Waals surface area contributed by atoms with Gasteiger partial charge >= 0.3 is 12.2 Å². The quantitative estimate of drug-likeness (QED) is 0.431. The van der Waals surface area contributed by atoms with E-state index >= 15 is 0 Å². The molecule has 188 valence electrons. The second-order valence-corrected chi connectivity index (χ2v) is 10.3. The van der Waals surface area contributed by atoms with Crippen LogP contribution in [0.15, 0.2) is 34.9 Å². The van der Waals surface area contributed by atoms with Gasteiger partial charge in [0.25, 0.3) is 0 Å². The van der Waals surface area contributed by atoms with Crippen LogP contribution in [0.5, 0.6) is 0 Å². The van der Waals surface area contributed by atoms with Crippen molar-refractivity contribution in [2.24, 2.45) is 0 Å². The third-order valence-electron chi connectivity index (χ3n) is 5.46. The fraction of sp³-hybridized carbons (Fsp3) is 0.333. The molecule has 0 aliphatic carbocycles. The Morgan fingerprint density at radius 1 is 1.23 bits per heavy atom. The van der Waals surface area contributed by atoms with Gasteiger partial charge in [-0.15, -0.1) is 0 Å². The van der Waals surface area contributed by atoms with Gasteiger partial charge in [0.15, 0.2) is 27.3 Å². The minimum atomic E-state index is -5.02. The molecule has 1 aromatic carbocycles. The predicted octanol–water partition coefficient (Wildman–Crippen LogP) is 4.44. The lowest BCUT2D eigenvalue weighted by atomic mass is 10.1. The van der Waals surface area contributed by atoms with Gasteiger partial charge in [0.2, 0.25) is 0 Å². The maximum Gasteiger partial charge on any atom is 0.416 e. The molecule has 0 saturated carbocycles. The highest BCUT2D eigenvalue weighted by atomic mass is 32.2. The Labute approximate surface area is 195 Å². The van der Waals surface area contributed by atoms with Crippen LogP contribution in [-0.2, 0) is 9.84 Å². The van der Waals surface area contributed by atoms with E-state index in [0.717, 1.165) is 6.07 Å². The molecule has 3 aromatic rings. The fourth-order valence-corrected chi connectivity index (χ4v) is 5.48. The number of benzene rings is 1. The number of pyridine rings is 1. The summed E-state index contributed by atoms with van der Waals surface area (Å²) in [5.41, 5.74) is -0.674. The third-order valence-corrected chi connectivity index (χ3v) is 7.23. The lowest BCUT2D eigenvalue weighted by Crippen LogP contribution is -2.40. The number of fused-ring (bicyclic) bond motifs is 1. The van der Waals surface area contributed by atoms with Crippen LogP contribution >= 0.6 is 0 Å². The summed E-state index contributed by atoms with van der Waals surface area (Å²) in [6.07, 6.45) is -3.42. The first-order valence-electron chi connectivity index (χ1n) is 10.3. The van der Waals surface area contributed by atoms with Gasteiger partial charge in [0.05, 0.1) is 23.4 Å². The van der Waals surface area contributed by atoms with E-state index in [1.54, 1.807) is 5.32 Å². The molecule has 8 nitrogen and oxygen atoms in total. The number of urea groups is 1. The van der Waals surface area contributed by atoms with Gasteiger partial charge in [-0.25, -0.2) is 27.0 Å². The summed E-state index contributed by atoms with van der Waals surface area (Å²) in [5.74, 6) is -2.57. The van der Waals surface area contributed by atoms with E-state index < -0.39 is 51.1 Å². The number of anilines is 2. The standard InChI is InChI=1S/C21H19F5N4O4S/c1-10-14-6-11(22)7-15(23)18(14)34-17(10)19(21(24,25)26)30-20(31)29-12-2-3-16(27-8-12)28-13-4-5-35(32,33)9-13/h2-3,6-8,13,19H,4-5,9H2,1H3,(H,27,28)(H2,29,30,31)/t13-,19-/m1/s1. The molecule has 2 aromatic heterocycles. The average Bonchev–Trinajstić information content (AvgIpc) is 3.26. The predicted molar refractivity (Wildman–Crippen MR) is 117 cm³/mol. The zero-order valence-corrected chi connectivity index (χ0v) is 18.9. The molecule has 3 N–H and O–H groups in total. The first-order valence-corrected chi connectivity index (χ1v) is 12.1. The van der Waals surface area contributed by atoms with Crippen molar-refractivity contribution in [3.05, 3.63) is 53.4 Å². The van der Waals surface area contributed by atoms with Crippen molar-refractivity contribution in [3.63, 3.8) is 0 Å². The second kappa shape index (κ2) is 8.98. The molecule has 2 amide bonds. The van der Waals surface area contributed by atoms with Gasteiger partial charge in [0.1, 0.15) is 17.4 Å². The van der Waals surface area contributed by atoms with Crippen LogP contribution in [0.25, 0.3) is 11.0 Å². The van der Waals surface area contributed by atoms with Crippen LogP contribution in [0.2, 0.25) is 0 Å². The Balaban J connectivity index is 1.48. The van der Waals surface area contributed by atoms with Crippen LogP contribution in [0.3, 0.4) is 0 Å². The van der Waals surface area contributed by atoms with Crippen molar-refractivity contribution in [1.29, 1.82) is 0 Å². The minimum absolute atomic E-state index is 0.0341. The van der Waals surface area contributed by atoms with Crippen molar-refractivity contribution < 1.29 is 39.6 Å². The molecular formula is C21H19F5N4O4S. The molecule has 4 rings (SSSR count). The number of hydrogen-bond acceptors (Lipinski definition) is 6. The summed E-state index contributed by atoms with van der Waals surface area (Å²) < 4.78 is 96.9. The Hall–Kier alpha value is -3.42. The number of carbonyl (C=O) groups is 1. The van der Waals surface area contributed by atoms with E-state index in [1.165, 1.54) is 25.3 Å². The van der Waals surface area contributed by atoms with E-state index in [9.17, 15) is 35.2 Å². The lowest BCUT2D eigenvalue weighted by molar-refractivity contribution is -0.158. The van der Waals surface area contributed by atoms with Crippen LogP contribution in [0, 0.1) is 18.6 Å². The molecule has 2 atom stereocenters. The molecule has 0 bridgehead atoms. The monoisotopic (exact) mass is 518 g/mol. The number of nitrogens with one attached hydrogen (secondary N) is 3. The van der Waals surface area contributed by atoms with Crippen LogP contribution in [0.1, 0.15) is 23.8 Å². The third kappa shape index (κ3) is 5.47. The Morgan fingerprint density at radius 2 is 1.97 bits per heavy atom. The van der Waals surface area contributed by atoms with Crippen LogP contribution in [0.4, 0.5) is 38.3 Å². The maximum atomic E-state index is 14.0. The fourth-order valence-electron chi connectivity index (χ4n) is 3.80. The topological polar surface area (TPSA) is 113 Å². The summed E-state index contributed by atoms with van der Waals surface area (Å²) in [4.78, 5) is 16.3. The zero-order chi connectivity index (χ0) is 25.5. The number of nitrogens with zero attached hydrogens (tertiary/aromatic N) is 1. The van der Waals surface area contributed by atoms with E-state index in [1.807, 2.05) is 0 Å². The Kier molecular flexibility index (Phi) is 6.34. The molecule has 14 heteroatoms. The zero-order valence-electron chi connectivity index (χ0n) is 18.0. The molecule has 0 spiro atoms. The van der Waals surface area contributed by atoms with E-state index in [4.69, 9.17) is 4.42 Å². The van der Waals surface area contributed by atoms with Gasteiger partial charge in [-0.2, -0.15) is 13.2 Å². The summed E-state index contributed by atoms with van der Waals surface area (Å²) in [5, 5.41) is 6.71. The highest BCUT2D eigenvalue weighted by Gasteiger charge is 2.45. The number of aryl methyl sites for hydroxylation is 1. The van der Waals surface area contributed by atoms with Gasteiger partial charge in [0, 0.05) is 23.1 Å². The first-order chi connectivity index (χ1) is 16.3. The number of furan rings is 1. The highest BCUT2D eigenvalue weighted by molar-refractivity contribution is 7.91. The number of aromatic nitrogens is 1. The molecule has 35 heavy (non-hydrogen) atoms. The van der Waals surface area contributed by atoms with Gasteiger partial charge in [-0.1, -0.05) is 0 Å². The van der Waals surface area contributed by atoms with Gasteiger partial charge < -0.3 is 20.4 Å². The number of sulfone groups is 1. The van der Waals surface area contributed by atoms with Crippen molar-refractivity contribution in [2.45, 2.75) is 31.6 Å². The van der Waals surface area contributed by atoms with Crippen molar-refractivity contribution in [3.8, 4) is 0 Å². The molecule has 1 fully saturated rings. The summed E-state index contributed by atoms with van der Waals surface area (Å²) in [6, 6.07) is -0.0780. The van der Waals surface area contributed by atoms with E-state index in [-0.39, 0.29) is 34.2 Å².